The Labute approximate surface area is 86.1 Å². The molecule has 66 valence electrons. The number of hydrogen-bond acceptors (Lipinski definition) is 3. The summed E-state index contributed by atoms with van der Waals surface area (Å²) in [6, 6.07) is 0. The largest absolute Gasteiger partial charge is 0.397 e. The Morgan fingerprint density at radius 2 is 2.25 bits per heavy atom. The van der Waals surface area contributed by atoms with Gasteiger partial charge in [-0.25, -0.2) is 0 Å². The number of hydrogen-bond donors (Lipinski definition) is 3. The summed E-state index contributed by atoms with van der Waals surface area (Å²) >= 11 is 2.04. The van der Waals surface area contributed by atoms with Crippen LogP contribution in [0.2, 0.25) is 0 Å². The average Bonchev–Trinajstić information content (AvgIpc) is 2.07. The third-order valence-electron chi connectivity index (χ3n) is 1.60. The highest BCUT2D eigenvalue weighted by Crippen LogP contribution is 2.14. The van der Waals surface area contributed by atoms with E-state index in [1.807, 2.05) is 54.1 Å². The van der Waals surface area contributed by atoms with Crippen LogP contribution in [0.4, 0.5) is 0 Å². The Bertz CT molecular complexity index is 263. The number of halogens is 1. The van der Waals surface area contributed by atoms with Gasteiger partial charge in [0.25, 0.3) is 0 Å². The normalized spacial score (nSPS) is 28.9. The number of nitrogens with one attached hydrogen (secondary N) is 1. The predicted octanol–water partition coefficient (Wildman–Crippen LogP) is 0.940. The molecule has 3 nitrogen and oxygen atoms in total. The highest BCUT2D eigenvalue weighted by molar-refractivity contribution is 14.1. The van der Waals surface area contributed by atoms with Crippen LogP contribution in [0.15, 0.2) is 35.7 Å². The molecule has 1 atom stereocenters. The third-order valence-corrected chi connectivity index (χ3v) is 2.18. The first kappa shape index (κ1) is 9.60. The Morgan fingerprint density at radius 1 is 1.58 bits per heavy atom. The quantitative estimate of drug-likeness (QED) is 0.493. The second-order valence-corrected chi connectivity index (χ2v) is 3.54. The third kappa shape index (κ3) is 2.25. The zero-order valence-corrected chi connectivity index (χ0v) is 9.00. The van der Waals surface area contributed by atoms with Crippen molar-refractivity contribution in [2.75, 3.05) is 0 Å². The molecule has 0 spiro atoms. The van der Waals surface area contributed by atoms with Crippen LogP contribution >= 0.6 is 22.9 Å². The van der Waals surface area contributed by atoms with Gasteiger partial charge in [0.05, 0.1) is 39.8 Å². The van der Waals surface area contributed by atoms with Crippen LogP contribution in [0.5, 0.6) is 0 Å². The molecule has 5 N–H and O–H groups in total. The number of rotatable bonds is 1. The van der Waals surface area contributed by atoms with Crippen LogP contribution in [0, 0.1) is 0 Å². The monoisotopic (exact) mass is 277 g/mol. The van der Waals surface area contributed by atoms with Gasteiger partial charge < -0.3 is 15.0 Å². The fraction of sp³-hybridized carbons (Fsp3) is 0.250. The summed E-state index contributed by atoms with van der Waals surface area (Å²) in [6.45, 7) is 1.90. The number of allylic oxidation sites excluding steroid dienone is 2. The lowest BCUT2D eigenvalue weighted by molar-refractivity contribution is 0.730. The van der Waals surface area contributed by atoms with E-state index in [2.05, 4.69) is 3.53 Å². The molecule has 4 heteroatoms. The highest BCUT2D eigenvalue weighted by Gasteiger charge is 2.14. The molecule has 0 aromatic heterocycles. The first-order valence-corrected chi connectivity index (χ1v) is 4.67. The van der Waals surface area contributed by atoms with E-state index in [4.69, 9.17) is 11.5 Å². The summed E-state index contributed by atoms with van der Waals surface area (Å²) in [4.78, 5) is 0. The van der Waals surface area contributed by atoms with Gasteiger partial charge in [-0.05, 0) is 19.1 Å². The Hall–Kier alpha value is -0.490. The minimum atomic E-state index is -0.449. The smallest absolute Gasteiger partial charge is 0.0657 e. The van der Waals surface area contributed by atoms with Crippen molar-refractivity contribution in [1.29, 1.82) is 0 Å². The van der Waals surface area contributed by atoms with Crippen LogP contribution in [-0.4, -0.2) is 5.54 Å². The fourth-order valence-corrected chi connectivity index (χ4v) is 1.49. The number of nitrogens with two attached hydrogens (primary N) is 2. The summed E-state index contributed by atoms with van der Waals surface area (Å²) in [5, 5.41) is 0. The van der Waals surface area contributed by atoms with E-state index < -0.39 is 5.54 Å². The van der Waals surface area contributed by atoms with Gasteiger partial charge in [0.2, 0.25) is 0 Å². The maximum Gasteiger partial charge on any atom is 0.0657 e. The molecule has 0 saturated heterocycles. The van der Waals surface area contributed by atoms with Gasteiger partial charge in [0.15, 0.2) is 0 Å². The lowest BCUT2D eigenvalue weighted by Gasteiger charge is -2.14. The van der Waals surface area contributed by atoms with Crippen LogP contribution in [-0.2, 0) is 0 Å². The zero-order valence-electron chi connectivity index (χ0n) is 6.84. The fourth-order valence-electron chi connectivity index (χ4n) is 0.995. The first-order chi connectivity index (χ1) is 5.55. The van der Waals surface area contributed by atoms with E-state index in [1.165, 1.54) is 0 Å². The van der Waals surface area contributed by atoms with Gasteiger partial charge in [-0.2, -0.15) is 0 Å². The Kier molecular flexibility index (Phi) is 2.79. The molecule has 0 bridgehead atoms. The van der Waals surface area contributed by atoms with Gasteiger partial charge in [-0.15, -0.1) is 0 Å². The van der Waals surface area contributed by atoms with Crippen molar-refractivity contribution in [2.45, 2.75) is 12.5 Å². The van der Waals surface area contributed by atoms with Crippen LogP contribution < -0.4 is 15.0 Å². The highest BCUT2D eigenvalue weighted by atomic mass is 127. The molecule has 0 radical (unpaired) electrons. The van der Waals surface area contributed by atoms with E-state index in [0.29, 0.717) is 5.70 Å². The summed E-state index contributed by atoms with van der Waals surface area (Å²) in [6.07, 6.45) is 7.53. The topological polar surface area (TPSA) is 64.1 Å². The van der Waals surface area contributed by atoms with Gasteiger partial charge in [0, 0.05) is 0 Å². The molecule has 1 unspecified atom stereocenters. The maximum absolute atomic E-state index is 5.88. The Morgan fingerprint density at radius 3 is 2.83 bits per heavy atom. The minimum Gasteiger partial charge on any atom is -0.397 e. The van der Waals surface area contributed by atoms with Gasteiger partial charge in [0.1, 0.15) is 0 Å². The summed E-state index contributed by atoms with van der Waals surface area (Å²) in [7, 11) is 0. The lowest BCUT2D eigenvalue weighted by Crippen LogP contribution is -2.32. The van der Waals surface area contributed by atoms with E-state index in [0.717, 1.165) is 5.70 Å². The molecule has 1 aliphatic rings. The maximum atomic E-state index is 5.88. The molecular weight excluding hydrogens is 265 g/mol. The molecule has 0 aromatic rings. The van der Waals surface area contributed by atoms with E-state index in [9.17, 15) is 0 Å². The van der Waals surface area contributed by atoms with Crippen molar-refractivity contribution < 1.29 is 0 Å². The standard InChI is InChI=1S/C8H12IN3/c1-8(11)4-2-3-7(12-9)6(10)5-8/h2-5,12H,10-11H2,1H3. The minimum absolute atomic E-state index is 0.449. The molecule has 0 amide bonds. The van der Waals surface area contributed by atoms with Gasteiger partial charge in [-0.1, -0.05) is 12.2 Å². The van der Waals surface area contributed by atoms with E-state index in [1.54, 1.807) is 0 Å². The van der Waals surface area contributed by atoms with Crippen LogP contribution in [0.25, 0.3) is 0 Å². The van der Waals surface area contributed by atoms with Crippen molar-refractivity contribution >= 4 is 22.9 Å². The predicted molar refractivity (Wildman–Crippen MR) is 59.2 cm³/mol. The molecule has 1 aliphatic carbocycles. The SMILES string of the molecule is CC1(N)C=CC=C(NI)C(N)=C1. The van der Waals surface area contributed by atoms with Crippen LogP contribution in [0.3, 0.4) is 0 Å². The van der Waals surface area contributed by atoms with Crippen molar-refractivity contribution in [3.8, 4) is 0 Å². The van der Waals surface area contributed by atoms with Crippen LogP contribution in [0.1, 0.15) is 6.92 Å². The molecule has 0 aliphatic heterocycles. The summed E-state index contributed by atoms with van der Waals surface area (Å²) in [5.74, 6) is 0. The van der Waals surface area contributed by atoms with Crippen molar-refractivity contribution in [3.63, 3.8) is 0 Å². The molecular formula is C8H12IN3. The van der Waals surface area contributed by atoms with Gasteiger partial charge >= 0.3 is 0 Å². The second kappa shape index (κ2) is 3.49. The summed E-state index contributed by atoms with van der Waals surface area (Å²) < 4.78 is 2.96. The zero-order chi connectivity index (χ0) is 9.19. The van der Waals surface area contributed by atoms with Crippen molar-refractivity contribution in [1.82, 2.24) is 3.53 Å². The first-order valence-electron chi connectivity index (χ1n) is 3.59. The molecule has 0 fully saturated rings. The Balaban J connectivity index is 3.00. The van der Waals surface area contributed by atoms with Gasteiger partial charge in [-0.3, -0.25) is 0 Å². The molecule has 0 saturated carbocycles. The van der Waals surface area contributed by atoms with Crippen molar-refractivity contribution in [2.24, 2.45) is 11.5 Å². The second-order valence-electron chi connectivity index (χ2n) is 3.00. The summed E-state index contributed by atoms with van der Waals surface area (Å²) in [5.41, 5.74) is 12.8. The molecule has 0 aromatic carbocycles. The molecule has 1 rings (SSSR count). The van der Waals surface area contributed by atoms with E-state index >= 15 is 0 Å². The average molecular weight is 277 g/mol. The lowest BCUT2D eigenvalue weighted by atomic mass is 10.0. The van der Waals surface area contributed by atoms with E-state index in [-0.39, 0.29) is 0 Å². The van der Waals surface area contributed by atoms with Crippen molar-refractivity contribution in [3.05, 3.63) is 35.7 Å². The molecule has 0 heterocycles. The molecule has 12 heavy (non-hydrogen) atoms.